The molecule has 1 aliphatic heterocycles. The van der Waals surface area contributed by atoms with Gasteiger partial charge in [-0.15, -0.1) is 35.3 Å². The molecule has 5 nitrogen and oxygen atoms in total. The molecule has 1 fully saturated rings. The first-order valence-electron chi connectivity index (χ1n) is 8.96. The summed E-state index contributed by atoms with van der Waals surface area (Å²) in [6.45, 7) is 2.96. The molecule has 0 saturated carbocycles. The maximum Gasteiger partial charge on any atom is 0.193 e. The van der Waals surface area contributed by atoms with E-state index in [4.69, 9.17) is 0 Å². The molecule has 0 aliphatic carbocycles. The Morgan fingerprint density at radius 3 is 2.92 bits per heavy atom. The molecule has 2 N–H and O–H groups in total. The minimum atomic E-state index is 0. The third kappa shape index (κ3) is 5.23. The summed E-state index contributed by atoms with van der Waals surface area (Å²) in [7, 11) is 6.19. The lowest BCUT2D eigenvalue weighted by molar-refractivity contribution is 0.124. The summed E-state index contributed by atoms with van der Waals surface area (Å²) in [5, 5.41) is 5.79. The Kier molecular flexibility index (Phi) is 8.43. The van der Waals surface area contributed by atoms with E-state index in [0.717, 1.165) is 19.0 Å². The molecule has 1 aliphatic rings. The van der Waals surface area contributed by atoms with E-state index in [1.807, 2.05) is 30.6 Å². The molecule has 1 saturated heterocycles. The third-order valence-electron chi connectivity index (χ3n) is 5.01. The molecule has 144 valence electrons. The van der Waals surface area contributed by atoms with Crippen molar-refractivity contribution >= 4 is 41.3 Å². The van der Waals surface area contributed by atoms with Gasteiger partial charge in [-0.3, -0.25) is 9.89 Å². The first-order chi connectivity index (χ1) is 12.2. The number of thiophene rings is 1. The van der Waals surface area contributed by atoms with Crippen LogP contribution in [0.3, 0.4) is 0 Å². The summed E-state index contributed by atoms with van der Waals surface area (Å²) in [4.78, 5) is 13.9. The lowest BCUT2D eigenvalue weighted by Crippen LogP contribution is -2.45. The van der Waals surface area contributed by atoms with Crippen LogP contribution in [0, 0.1) is 5.92 Å². The van der Waals surface area contributed by atoms with Crippen LogP contribution in [0.25, 0.3) is 0 Å². The van der Waals surface area contributed by atoms with Crippen LogP contribution in [-0.2, 0) is 6.54 Å². The zero-order valence-corrected chi connectivity index (χ0v) is 19.0. The Balaban J connectivity index is 0.00000243. The molecule has 2 atom stereocenters. The lowest BCUT2D eigenvalue weighted by atomic mass is 9.88. The number of guanidine groups is 1. The van der Waals surface area contributed by atoms with Crippen molar-refractivity contribution < 1.29 is 0 Å². The van der Waals surface area contributed by atoms with Crippen LogP contribution in [0.15, 0.2) is 40.8 Å². The van der Waals surface area contributed by atoms with Crippen molar-refractivity contribution in [2.45, 2.75) is 25.4 Å². The van der Waals surface area contributed by atoms with Crippen molar-refractivity contribution in [1.82, 2.24) is 20.1 Å². The molecule has 3 rings (SSSR count). The standard InChI is InChI=1S/C19H29N5S.HI/c1-20-19(24(3)14-16-8-4-10-21-16)22-13-15-7-5-11-23(2)18(15)17-9-6-12-25-17;/h4,6,8-10,12,15,18,21H,5,7,11,13-14H2,1-3H3,(H,20,22);1H. The van der Waals surface area contributed by atoms with Crippen LogP contribution >= 0.6 is 35.3 Å². The van der Waals surface area contributed by atoms with Gasteiger partial charge < -0.3 is 15.2 Å². The fraction of sp³-hybridized carbons (Fsp3) is 0.526. The molecule has 0 amide bonds. The largest absolute Gasteiger partial charge is 0.364 e. The molecule has 3 heterocycles. The summed E-state index contributed by atoms with van der Waals surface area (Å²) >= 11 is 1.87. The van der Waals surface area contributed by atoms with Gasteiger partial charge in [0.05, 0.1) is 6.54 Å². The van der Waals surface area contributed by atoms with Gasteiger partial charge in [0.1, 0.15) is 0 Å². The Labute approximate surface area is 177 Å². The minimum Gasteiger partial charge on any atom is -0.364 e. The number of aromatic amines is 1. The van der Waals surface area contributed by atoms with Gasteiger partial charge in [0.15, 0.2) is 5.96 Å². The normalized spacial score (nSPS) is 21.3. The third-order valence-corrected chi connectivity index (χ3v) is 5.95. The molecule has 2 unspecified atom stereocenters. The van der Waals surface area contributed by atoms with Crippen molar-refractivity contribution in [3.05, 3.63) is 46.4 Å². The predicted octanol–water partition coefficient (Wildman–Crippen LogP) is 3.78. The molecule has 0 bridgehead atoms. The van der Waals surface area contributed by atoms with Gasteiger partial charge >= 0.3 is 0 Å². The van der Waals surface area contributed by atoms with Gasteiger partial charge in [-0.2, -0.15) is 0 Å². The van der Waals surface area contributed by atoms with E-state index in [-0.39, 0.29) is 24.0 Å². The summed E-state index contributed by atoms with van der Waals surface area (Å²) in [6.07, 6.45) is 4.49. The van der Waals surface area contributed by atoms with E-state index in [0.29, 0.717) is 12.0 Å². The average molecular weight is 487 g/mol. The number of nitrogens with one attached hydrogen (secondary N) is 2. The zero-order chi connectivity index (χ0) is 17.6. The quantitative estimate of drug-likeness (QED) is 0.384. The number of likely N-dealkylation sites (tertiary alicyclic amines) is 1. The second kappa shape index (κ2) is 10.3. The summed E-state index contributed by atoms with van der Waals surface area (Å²) in [5.74, 6) is 1.56. The van der Waals surface area contributed by atoms with Crippen LogP contribution in [0.4, 0.5) is 0 Å². The molecule has 26 heavy (non-hydrogen) atoms. The van der Waals surface area contributed by atoms with Crippen molar-refractivity contribution in [2.75, 3.05) is 34.2 Å². The summed E-state index contributed by atoms with van der Waals surface area (Å²) in [6, 6.07) is 9.08. The molecule has 2 aromatic heterocycles. The zero-order valence-electron chi connectivity index (χ0n) is 15.8. The van der Waals surface area contributed by atoms with E-state index in [1.54, 1.807) is 0 Å². The van der Waals surface area contributed by atoms with Crippen LogP contribution in [0.1, 0.15) is 29.5 Å². The van der Waals surface area contributed by atoms with E-state index in [9.17, 15) is 0 Å². The number of aromatic nitrogens is 1. The number of aliphatic imine (C=N–C) groups is 1. The van der Waals surface area contributed by atoms with Crippen LogP contribution in [0.2, 0.25) is 0 Å². The molecule has 7 heteroatoms. The first kappa shape index (κ1) is 21.2. The lowest BCUT2D eigenvalue weighted by Gasteiger charge is -2.39. The maximum absolute atomic E-state index is 4.47. The second-order valence-corrected chi connectivity index (χ2v) is 7.80. The Morgan fingerprint density at radius 2 is 2.27 bits per heavy atom. The van der Waals surface area contributed by atoms with Crippen molar-refractivity contribution in [3.63, 3.8) is 0 Å². The number of hydrogen-bond acceptors (Lipinski definition) is 3. The Morgan fingerprint density at radius 1 is 1.42 bits per heavy atom. The highest BCUT2D eigenvalue weighted by Gasteiger charge is 2.31. The van der Waals surface area contributed by atoms with E-state index in [2.05, 4.69) is 62.8 Å². The van der Waals surface area contributed by atoms with Gasteiger partial charge in [0.25, 0.3) is 0 Å². The van der Waals surface area contributed by atoms with Gasteiger partial charge in [-0.05, 0) is 55.9 Å². The van der Waals surface area contributed by atoms with Gasteiger partial charge in [0, 0.05) is 43.4 Å². The molecule has 0 radical (unpaired) electrons. The number of nitrogens with zero attached hydrogens (tertiary/aromatic N) is 3. The highest BCUT2D eigenvalue weighted by molar-refractivity contribution is 14.0. The number of rotatable bonds is 5. The number of piperidine rings is 1. The molecular weight excluding hydrogens is 457 g/mol. The number of hydrogen-bond donors (Lipinski definition) is 2. The molecule has 2 aromatic rings. The van der Waals surface area contributed by atoms with Crippen molar-refractivity contribution in [3.8, 4) is 0 Å². The Bertz CT molecular complexity index is 656. The number of H-pyrrole nitrogens is 1. The van der Waals surface area contributed by atoms with Crippen LogP contribution in [-0.4, -0.2) is 55.0 Å². The SMILES string of the molecule is CN=C(NCC1CCCN(C)C1c1cccs1)N(C)Cc1ccc[nH]1.I. The van der Waals surface area contributed by atoms with Gasteiger partial charge in [-0.1, -0.05) is 6.07 Å². The fourth-order valence-corrected chi connectivity index (χ4v) is 4.77. The van der Waals surface area contributed by atoms with Crippen LogP contribution in [0.5, 0.6) is 0 Å². The second-order valence-electron chi connectivity index (χ2n) is 6.82. The van der Waals surface area contributed by atoms with Gasteiger partial charge in [-0.25, -0.2) is 0 Å². The van der Waals surface area contributed by atoms with E-state index in [1.165, 1.54) is 30.0 Å². The molecule has 0 aromatic carbocycles. The van der Waals surface area contributed by atoms with Gasteiger partial charge in [0.2, 0.25) is 0 Å². The van der Waals surface area contributed by atoms with Crippen LogP contribution < -0.4 is 5.32 Å². The number of halogens is 1. The maximum atomic E-state index is 4.47. The van der Waals surface area contributed by atoms with E-state index >= 15 is 0 Å². The Hall–Kier alpha value is -1.06. The van der Waals surface area contributed by atoms with Crippen molar-refractivity contribution in [1.29, 1.82) is 0 Å². The summed E-state index contributed by atoms with van der Waals surface area (Å²) in [5.41, 5.74) is 1.19. The smallest absolute Gasteiger partial charge is 0.193 e. The predicted molar refractivity (Wildman–Crippen MR) is 121 cm³/mol. The van der Waals surface area contributed by atoms with E-state index < -0.39 is 0 Å². The summed E-state index contributed by atoms with van der Waals surface area (Å²) < 4.78 is 0. The highest BCUT2D eigenvalue weighted by atomic mass is 127. The topological polar surface area (TPSA) is 46.7 Å². The molecular formula is C19H30IN5S. The highest BCUT2D eigenvalue weighted by Crippen LogP contribution is 2.36. The minimum absolute atomic E-state index is 0. The first-order valence-corrected chi connectivity index (χ1v) is 9.84. The average Bonchev–Trinajstić information content (AvgIpc) is 3.29. The fourth-order valence-electron chi connectivity index (χ4n) is 3.79. The van der Waals surface area contributed by atoms with Crippen molar-refractivity contribution in [2.24, 2.45) is 10.9 Å². The molecule has 0 spiro atoms. The monoisotopic (exact) mass is 487 g/mol.